The molecule has 0 bridgehead atoms. The van der Waals surface area contributed by atoms with Crippen molar-refractivity contribution in [2.75, 3.05) is 6.61 Å². The van der Waals surface area contributed by atoms with Crippen LogP contribution in [0.25, 0.3) is 0 Å². The summed E-state index contributed by atoms with van der Waals surface area (Å²) in [7, 11) is 0. The first kappa shape index (κ1) is 17.7. The van der Waals surface area contributed by atoms with Gasteiger partial charge in [0.05, 0.1) is 17.2 Å². The highest BCUT2D eigenvalue weighted by molar-refractivity contribution is 5.41. The van der Waals surface area contributed by atoms with Crippen LogP contribution < -0.4 is 0 Å². The van der Waals surface area contributed by atoms with Gasteiger partial charge in [-0.3, -0.25) is 0 Å². The van der Waals surface area contributed by atoms with Gasteiger partial charge in [-0.25, -0.2) is 0 Å². The van der Waals surface area contributed by atoms with Crippen LogP contribution in [-0.2, 0) is 12.4 Å². The standard InChI is InChI=1S/C12H12F6O3/c13-11(14,15)6-2-1-3-7(12(16,17)18)9(6)10(21)8(20)4-5-19/h1-3,8,10,19-21H,4-5H2. The summed E-state index contributed by atoms with van der Waals surface area (Å²) in [6.07, 6.45) is -15.2. The molecule has 0 spiro atoms. The molecule has 0 heterocycles. The van der Waals surface area contributed by atoms with Crippen molar-refractivity contribution in [1.29, 1.82) is 0 Å². The van der Waals surface area contributed by atoms with E-state index >= 15 is 0 Å². The predicted octanol–water partition coefficient (Wildman–Crippen LogP) is 2.50. The van der Waals surface area contributed by atoms with E-state index in [-0.39, 0.29) is 0 Å². The van der Waals surface area contributed by atoms with Gasteiger partial charge in [0.25, 0.3) is 0 Å². The van der Waals surface area contributed by atoms with E-state index in [4.69, 9.17) is 5.11 Å². The van der Waals surface area contributed by atoms with Gasteiger partial charge >= 0.3 is 12.4 Å². The third-order valence-electron chi connectivity index (χ3n) is 2.80. The number of hydrogen-bond donors (Lipinski definition) is 3. The van der Waals surface area contributed by atoms with Crippen LogP contribution in [0.1, 0.15) is 29.2 Å². The molecule has 0 aliphatic carbocycles. The van der Waals surface area contributed by atoms with E-state index in [0.29, 0.717) is 18.2 Å². The fourth-order valence-corrected chi connectivity index (χ4v) is 1.86. The minimum atomic E-state index is -5.13. The van der Waals surface area contributed by atoms with Crippen LogP contribution in [0.5, 0.6) is 0 Å². The molecular formula is C12H12F6O3. The van der Waals surface area contributed by atoms with Gasteiger partial charge in [-0.05, 0) is 18.6 Å². The fraction of sp³-hybridized carbons (Fsp3) is 0.500. The number of benzene rings is 1. The van der Waals surface area contributed by atoms with E-state index in [1.807, 2.05) is 0 Å². The summed E-state index contributed by atoms with van der Waals surface area (Å²) in [5.74, 6) is 0. The Balaban J connectivity index is 3.50. The average molecular weight is 318 g/mol. The molecule has 2 atom stereocenters. The predicted molar refractivity (Wildman–Crippen MR) is 59.1 cm³/mol. The van der Waals surface area contributed by atoms with Crippen molar-refractivity contribution in [1.82, 2.24) is 0 Å². The van der Waals surface area contributed by atoms with Crippen LogP contribution >= 0.6 is 0 Å². The van der Waals surface area contributed by atoms with Crippen LogP contribution in [-0.4, -0.2) is 28.0 Å². The van der Waals surface area contributed by atoms with E-state index in [0.717, 1.165) is 0 Å². The second-order valence-corrected chi connectivity index (χ2v) is 4.29. The second-order valence-electron chi connectivity index (χ2n) is 4.29. The van der Waals surface area contributed by atoms with Crippen molar-refractivity contribution >= 4 is 0 Å². The van der Waals surface area contributed by atoms with Crippen molar-refractivity contribution in [2.24, 2.45) is 0 Å². The molecule has 0 aliphatic heterocycles. The van der Waals surface area contributed by atoms with Gasteiger partial charge in [0.1, 0.15) is 6.10 Å². The Kier molecular flexibility index (Phi) is 5.24. The first-order chi connectivity index (χ1) is 9.50. The Labute approximate surface area is 115 Å². The first-order valence-electron chi connectivity index (χ1n) is 5.74. The lowest BCUT2D eigenvalue weighted by Gasteiger charge is -2.25. The highest BCUT2D eigenvalue weighted by Crippen LogP contribution is 2.42. The zero-order valence-electron chi connectivity index (χ0n) is 10.4. The number of hydrogen-bond acceptors (Lipinski definition) is 3. The van der Waals surface area contributed by atoms with E-state index in [1.165, 1.54) is 0 Å². The maximum atomic E-state index is 12.8. The maximum absolute atomic E-state index is 12.8. The van der Waals surface area contributed by atoms with Gasteiger partial charge in [0.2, 0.25) is 0 Å². The molecular weight excluding hydrogens is 306 g/mol. The molecule has 21 heavy (non-hydrogen) atoms. The smallest absolute Gasteiger partial charge is 0.396 e. The third kappa shape index (κ3) is 4.08. The topological polar surface area (TPSA) is 60.7 Å². The third-order valence-corrected chi connectivity index (χ3v) is 2.80. The number of halogens is 6. The van der Waals surface area contributed by atoms with E-state index < -0.39 is 54.3 Å². The monoisotopic (exact) mass is 318 g/mol. The molecule has 1 aromatic rings. The van der Waals surface area contributed by atoms with E-state index in [1.54, 1.807) is 0 Å². The van der Waals surface area contributed by atoms with Gasteiger partial charge in [-0.1, -0.05) is 6.07 Å². The summed E-state index contributed by atoms with van der Waals surface area (Å²) in [6, 6.07) is 1.35. The molecule has 0 saturated carbocycles. The molecule has 0 amide bonds. The largest absolute Gasteiger partial charge is 0.416 e. The molecule has 1 aromatic carbocycles. The average Bonchev–Trinajstić information content (AvgIpc) is 2.35. The van der Waals surface area contributed by atoms with Crippen LogP contribution in [0, 0.1) is 0 Å². The Morgan fingerprint density at radius 2 is 1.33 bits per heavy atom. The summed E-state index contributed by atoms with van der Waals surface area (Å²) >= 11 is 0. The quantitative estimate of drug-likeness (QED) is 0.748. The van der Waals surface area contributed by atoms with Crippen LogP contribution in [0.3, 0.4) is 0 Å². The van der Waals surface area contributed by atoms with Crippen LogP contribution in [0.15, 0.2) is 18.2 Å². The summed E-state index contributed by atoms with van der Waals surface area (Å²) < 4.78 is 76.9. The normalized spacial score (nSPS) is 15.9. The zero-order valence-corrected chi connectivity index (χ0v) is 10.4. The fourth-order valence-electron chi connectivity index (χ4n) is 1.86. The highest BCUT2D eigenvalue weighted by atomic mass is 19.4. The Hall–Kier alpha value is -1.32. The molecule has 0 aromatic heterocycles. The molecule has 2 unspecified atom stereocenters. The zero-order chi connectivity index (χ0) is 16.4. The second kappa shape index (κ2) is 6.20. The maximum Gasteiger partial charge on any atom is 0.416 e. The summed E-state index contributed by atoms with van der Waals surface area (Å²) in [5.41, 5.74) is -4.80. The number of aliphatic hydroxyl groups excluding tert-OH is 3. The van der Waals surface area contributed by atoms with Gasteiger partial charge in [-0.15, -0.1) is 0 Å². The molecule has 0 radical (unpaired) electrons. The molecule has 0 fully saturated rings. The number of aliphatic hydroxyl groups is 3. The molecule has 9 heteroatoms. The van der Waals surface area contributed by atoms with Crippen molar-refractivity contribution in [2.45, 2.75) is 31.0 Å². The van der Waals surface area contributed by atoms with Crippen molar-refractivity contribution in [3.05, 3.63) is 34.9 Å². The molecule has 0 aliphatic rings. The summed E-state index contributed by atoms with van der Waals surface area (Å²) in [4.78, 5) is 0. The van der Waals surface area contributed by atoms with Crippen LogP contribution in [0.4, 0.5) is 26.3 Å². The van der Waals surface area contributed by atoms with Crippen LogP contribution in [0.2, 0.25) is 0 Å². The number of rotatable bonds is 4. The molecule has 1 rings (SSSR count). The Morgan fingerprint density at radius 3 is 1.67 bits per heavy atom. The van der Waals surface area contributed by atoms with Crippen molar-refractivity contribution in [3.63, 3.8) is 0 Å². The van der Waals surface area contributed by atoms with Gasteiger partial charge < -0.3 is 15.3 Å². The minimum absolute atomic E-state index is 0.388. The molecule has 0 saturated heterocycles. The Morgan fingerprint density at radius 1 is 0.905 bits per heavy atom. The highest BCUT2D eigenvalue weighted by Gasteiger charge is 2.43. The summed E-state index contributed by atoms with van der Waals surface area (Å²) in [6.45, 7) is -0.701. The molecule has 120 valence electrons. The Bertz CT molecular complexity index is 451. The first-order valence-corrected chi connectivity index (χ1v) is 5.74. The molecule has 3 nitrogen and oxygen atoms in total. The summed E-state index contributed by atoms with van der Waals surface area (Å²) in [5, 5.41) is 27.6. The number of alkyl halides is 6. The van der Waals surface area contributed by atoms with Gasteiger partial charge in [0.15, 0.2) is 0 Å². The lowest BCUT2D eigenvalue weighted by Crippen LogP contribution is -2.26. The van der Waals surface area contributed by atoms with Gasteiger partial charge in [0, 0.05) is 12.2 Å². The lowest BCUT2D eigenvalue weighted by atomic mass is 9.91. The lowest BCUT2D eigenvalue weighted by molar-refractivity contribution is -0.147. The minimum Gasteiger partial charge on any atom is -0.396 e. The van der Waals surface area contributed by atoms with E-state index in [9.17, 15) is 36.6 Å². The molecule has 3 N–H and O–H groups in total. The van der Waals surface area contributed by atoms with Crippen molar-refractivity contribution < 1.29 is 41.7 Å². The van der Waals surface area contributed by atoms with Crippen molar-refractivity contribution in [3.8, 4) is 0 Å². The SMILES string of the molecule is OCCC(O)C(O)c1c(C(F)(F)F)cccc1C(F)(F)F. The van der Waals surface area contributed by atoms with E-state index in [2.05, 4.69) is 0 Å². The van der Waals surface area contributed by atoms with Gasteiger partial charge in [-0.2, -0.15) is 26.3 Å².